The Balaban J connectivity index is 1.72. The molecule has 0 unspecified atom stereocenters. The summed E-state index contributed by atoms with van der Waals surface area (Å²) >= 11 is 0. The predicted octanol–water partition coefficient (Wildman–Crippen LogP) is 3.38. The Kier molecular flexibility index (Phi) is 3.78. The highest BCUT2D eigenvalue weighted by Crippen LogP contribution is 2.25. The fourth-order valence-corrected chi connectivity index (χ4v) is 2.81. The molecule has 6 heteroatoms. The van der Waals surface area contributed by atoms with Gasteiger partial charge in [0.1, 0.15) is 0 Å². The lowest BCUT2D eigenvalue weighted by molar-refractivity contribution is 0.0905. The number of nitrogens with one attached hydrogen (secondary N) is 2. The number of amides is 1. The lowest BCUT2D eigenvalue weighted by atomic mass is 9.98. The molecule has 0 aliphatic rings. The van der Waals surface area contributed by atoms with E-state index < -0.39 is 0 Å². The minimum atomic E-state index is -0.313. The van der Waals surface area contributed by atoms with Gasteiger partial charge in [-0.25, -0.2) is 4.98 Å². The Morgan fingerprint density at radius 3 is 2.72 bits per heavy atom. The summed E-state index contributed by atoms with van der Waals surface area (Å²) in [6.07, 6.45) is 1.65. The van der Waals surface area contributed by atoms with Crippen molar-refractivity contribution in [3.8, 4) is 0 Å². The monoisotopic (exact) mass is 332 g/mol. The van der Waals surface area contributed by atoms with Crippen molar-refractivity contribution in [2.45, 2.75) is 13.0 Å². The van der Waals surface area contributed by atoms with Crippen LogP contribution in [0.4, 0.5) is 0 Å². The molecule has 1 amide bonds. The van der Waals surface area contributed by atoms with Gasteiger partial charge in [0.05, 0.1) is 29.1 Å². The molecule has 0 fully saturated rings. The van der Waals surface area contributed by atoms with Crippen molar-refractivity contribution in [3.63, 3.8) is 0 Å². The molecule has 2 heterocycles. The summed E-state index contributed by atoms with van der Waals surface area (Å²) in [6.45, 7) is 1.78. The van der Waals surface area contributed by atoms with Gasteiger partial charge in [-0.1, -0.05) is 41.6 Å². The summed E-state index contributed by atoms with van der Waals surface area (Å²) in [4.78, 5) is 19.9. The number of aromatic nitrogens is 3. The van der Waals surface area contributed by atoms with Crippen LogP contribution in [0.5, 0.6) is 0 Å². The van der Waals surface area contributed by atoms with Gasteiger partial charge in [-0.15, -0.1) is 0 Å². The van der Waals surface area contributed by atoms with E-state index in [9.17, 15) is 4.79 Å². The lowest BCUT2D eigenvalue weighted by Crippen LogP contribution is -2.29. The highest BCUT2D eigenvalue weighted by Gasteiger charge is 2.20. The number of rotatable bonds is 4. The van der Waals surface area contributed by atoms with Crippen molar-refractivity contribution in [1.29, 1.82) is 0 Å². The summed E-state index contributed by atoms with van der Waals surface area (Å²) in [5, 5.41) is 6.80. The molecule has 25 heavy (non-hydrogen) atoms. The number of aryl methyl sites for hydroxylation is 1. The third-order valence-corrected chi connectivity index (χ3v) is 4.04. The summed E-state index contributed by atoms with van der Waals surface area (Å²) in [5.74, 6) is -0.111. The van der Waals surface area contributed by atoms with E-state index in [0.29, 0.717) is 5.69 Å². The van der Waals surface area contributed by atoms with Crippen LogP contribution in [0, 0.1) is 6.92 Å². The number of carbonyl (C=O) groups excluding carboxylic acids is 1. The van der Waals surface area contributed by atoms with Crippen molar-refractivity contribution in [2.24, 2.45) is 0 Å². The van der Waals surface area contributed by atoms with Crippen LogP contribution in [-0.4, -0.2) is 21.0 Å². The second kappa shape index (κ2) is 6.24. The maximum atomic E-state index is 12.6. The molecular formula is C19H16N4O2. The Hall–Kier alpha value is -3.41. The zero-order valence-corrected chi connectivity index (χ0v) is 13.6. The summed E-state index contributed by atoms with van der Waals surface area (Å²) in [6, 6.07) is 17.0. The SMILES string of the molecule is Cc1cc(C(=O)N[C@H](c2ccccc2)c2ccc3nc[nH]c3c2)on1. The number of carbonyl (C=O) groups is 1. The van der Waals surface area contributed by atoms with Crippen LogP contribution in [0.15, 0.2) is 65.4 Å². The second-order valence-corrected chi connectivity index (χ2v) is 5.83. The number of benzene rings is 2. The first-order valence-corrected chi connectivity index (χ1v) is 7.93. The smallest absolute Gasteiger partial charge is 0.290 e. The number of nitrogens with zero attached hydrogens (tertiary/aromatic N) is 2. The zero-order chi connectivity index (χ0) is 17.2. The maximum Gasteiger partial charge on any atom is 0.290 e. The molecule has 0 bridgehead atoms. The van der Waals surface area contributed by atoms with Gasteiger partial charge in [-0.2, -0.15) is 0 Å². The molecule has 2 N–H and O–H groups in total. The van der Waals surface area contributed by atoms with Crippen molar-refractivity contribution in [2.75, 3.05) is 0 Å². The summed E-state index contributed by atoms with van der Waals surface area (Å²) in [7, 11) is 0. The molecule has 0 radical (unpaired) electrons. The third kappa shape index (κ3) is 3.01. The molecule has 0 aliphatic carbocycles. The maximum absolute atomic E-state index is 12.6. The average Bonchev–Trinajstić information content (AvgIpc) is 3.28. The predicted molar refractivity (Wildman–Crippen MR) is 93.1 cm³/mol. The van der Waals surface area contributed by atoms with E-state index in [1.807, 2.05) is 48.5 Å². The molecular weight excluding hydrogens is 316 g/mol. The van der Waals surface area contributed by atoms with E-state index >= 15 is 0 Å². The molecule has 124 valence electrons. The number of aromatic amines is 1. The first-order chi connectivity index (χ1) is 12.2. The van der Waals surface area contributed by atoms with E-state index in [0.717, 1.165) is 22.2 Å². The Bertz CT molecular complexity index is 1020. The van der Waals surface area contributed by atoms with E-state index in [2.05, 4.69) is 20.4 Å². The van der Waals surface area contributed by atoms with Gasteiger partial charge in [0.15, 0.2) is 0 Å². The van der Waals surface area contributed by atoms with Crippen LogP contribution in [0.3, 0.4) is 0 Å². The molecule has 1 atom stereocenters. The van der Waals surface area contributed by atoms with Gasteiger partial charge in [0.2, 0.25) is 5.76 Å². The second-order valence-electron chi connectivity index (χ2n) is 5.83. The van der Waals surface area contributed by atoms with Crippen molar-refractivity contribution < 1.29 is 9.32 Å². The van der Waals surface area contributed by atoms with Gasteiger partial charge in [-0.3, -0.25) is 4.79 Å². The Morgan fingerprint density at radius 1 is 1.12 bits per heavy atom. The van der Waals surface area contributed by atoms with Gasteiger partial charge >= 0.3 is 0 Å². The minimum absolute atomic E-state index is 0.195. The first kappa shape index (κ1) is 15.1. The Morgan fingerprint density at radius 2 is 1.96 bits per heavy atom. The number of H-pyrrole nitrogens is 1. The lowest BCUT2D eigenvalue weighted by Gasteiger charge is -2.19. The number of imidazole rings is 1. The quantitative estimate of drug-likeness (QED) is 0.600. The van der Waals surface area contributed by atoms with Crippen LogP contribution in [0.1, 0.15) is 33.4 Å². The zero-order valence-electron chi connectivity index (χ0n) is 13.6. The van der Waals surface area contributed by atoms with Crippen molar-refractivity contribution in [1.82, 2.24) is 20.4 Å². The van der Waals surface area contributed by atoms with E-state index in [-0.39, 0.29) is 17.7 Å². The minimum Gasteiger partial charge on any atom is -0.351 e. The first-order valence-electron chi connectivity index (χ1n) is 7.93. The van der Waals surface area contributed by atoms with E-state index in [1.54, 1.807) is 19.3 Å². The number of hydrogen-bond acceptors (Lipinski definition) is 4. The van der Waals surface area contributed by atoms with Crippen LogP contribution in [0.25, 0.3) is 11.0 Å². The molecule has 0 aliphatic heterocycles. The summed E-state index contributed by atoms with van der Waals surface area (Å²) < 4.78 is 5.08. The van der Waals surface area contributed by atoms with Crippen molar-refractivity contribution in [3.05, 3.63) is 83.5 Å². The highest BCUT2D eigenvalue weighted by atomic mass is 16.5. The van der Waals surface area contributed by atoms with Gasteiger partial charge in [0.25, 0.3) is 5.91 Å². The molecule has 2 aromatic heterocycles. The fraction of sp³-hybridized carbons (Fsp3) is 0.105. The van der Waals surface area contributed by atoms with Gasteiger partial charge < -0.3 is 14.8 Å². The van der Waals surface area contributed by atoms with Gasteiger partial charge in [-0.05, 0) is 30.2 Å². The largest absolute Gasteiger partial charge is 0.351 e. The standard InChI is InChI=1S/C19H16N4O2/c1-12-9-17(25-23-12)19(24)22-18(13-5-3-2-4-6-13)14-7-8-15-16(10-14)21-11-20-15/h2-11,18H,1H3,(H,20,21)(H,22,24)/t18-/m1/s1. The van der Waals surface area contributed by atoms with Crippen LogP contribution < -0.4 is 5.32 Å². The molecule has 0 saturated heterocycles. The van der Waals surface area contributed by atoms with Crippen LogP contribution >= 0.6 is 0 Å². The fourth-order valence-electron chi connectivity index (χ4n) is 2.81. The Labute approximate surface area is 143 Å². The molecule has 4 rings (SSSR count). The normalized spacial score (nSPS) is 12.2. The molecule has 0 spiro atoms. The number of hydrogen-bond donors (Lipinski definition) is 2. The number of fused-ring (bicyclic) bond motifs is 1. The van der Waals surface area contributed by atoms with Gasteiger partial charge in [0, 0.05) is 6.07 Å². The third-order valence-electron chi connectivity index (χ3n) is 4.04. The molecule has 2 aromatic carbocycles. The average molecular weight is 332 g/mol. The topological polar surface area (TPSA) is 83.8 Å². The van der Waals surface area contributed by atoms with E-state index in [1.165, 1.54) is 0 Å². The molecule has 0 saturated carbocycles. The molecule has 6 nitrogen and oxygen atoms in total. The highest BCUT2D eigenvalue weighted by molar-refractivity contribution is 5.92. The van der Waals surface area contributed by atoms with Crippen LogP contribution in [-0.2, 0) is 0 Å². The van der Waals surface area contributed by atoms with E-state index in [4.69, 9.17) is 4.52 Å². The summed E-state index contributed by atoms with van der Waals surface area (Å²) in [5.41, 5.74) is 4.40. The van der Waals surface area contributed by atoms with Crippen LogP contribution in [0.2, 0.25) is 0 Å². The molecule has 4 aromatic rings. The van der Waals surface area contributed by atoms with Crippen molar-refractivity contribution >= 4 is 16.9 Å².